The number of piperidine rings is 1. The number of benzene rings is 1. The molecule has 0 radical (unpaired) electrons. The van der Waals surface area contributed by atoms with Crippen molar-refractivity contribution < 1.29 is 14.3 Å². The van der Waals surface area contributed by atoms with Crippen LogP contribution in [0.3, 0.4) is 0 Å². The number of methoxy groups -OCH3 is 1. The number of nitrogens with one attached hydrogen (secondary N) is 2. The summed E-state index contributed by atoms with van der Waals surface area (Å²) in [4.78, 5) is 21.0. The van der Waals surface area contributed by atoms with Gasteiger partial charge >= 0.3 is 0 Å². The number of amides is 1. The monoisotopic (exact) mass is 431 g/mol. The van der Waals surface area contributed by atoms with Gasteiger partial charge in [-0.05, 0) is 36.5 Å². The summed E-state index contributed by atoms with van der Waals surface area (Å²) in [5, 5.41) is 6.35. The van der Waals surface area contributed by atoms with E-state index in [2.05, 4.69) is 37.6 Å². The van der Waals surface area contributed by atoms with Crippen LogP contribution in [-0.2, 0) is 9.53 Å². The Morgan fingerprint density at radius 2 is 1.87 bits per heavy atom. The molecule has 8 nitrogen and oxygen atoms in total. The lowest BCUT2D eigenvalue weighted by Crippen LogP contribution is -2.49. The van der Waals surface area contributed by atoms with Crippen molar-refractivity contribution in [1.82, 2.24) is 20.4 Å². The van der Waals surface area contributed by atoms with E-state index in [4.69, 9.17) is 9.47 Å². The lowest BCUT2D eigenvalue weighted by atomic mass is 9.93. The third-order valence-electron chi connectivity index (χ3n) is 6.32. The number of carbonyl (C=O) groups excluding carboxylic acids is 1. The number of rotatable bonds is 7. The van der Waals surface area contributed by atoms with Crippen molar-refractivity contribution in [2.45, 2.75) is 25.3 Å². The Bertz CT molecular complexity index is 710. The first-order valence-electron chi connectivity index (χ1n) is 11.3. The highest BCUT2D eigenvalue weighted by Gasteiger charge is 2.26. The molecule has 3 rings (SSSR count). The molecular weight excluding hydrogens is 394 g/mol. The molecule has 1 amide bonds. The molecule has 0 aromatic heterocycles. The van der Waals surface area contributed by atoms with E-state index in [1.165, 1.54) is 5.56 Å². The number of guanidine groups is 1. The zero-order valence-electron chi connectivity index (χ0n) is 19.1. The summed E-state index contributed by atoms with van der Waals surface area (Å²) >= 11 is 0. The lowest BCUT2D eigenvalue weighted by Gasteiger charge is -2.37. The summed E-state index contributed by atoms with van der Waals surface area (Å²) in [7, 11) is 5.24. The van der Waals surface area contributed by atoms with Gasteiger partial charge in [-0.25, -0.2) is 0 Å². The van der Waals surface area contributed by atoms with Gasteiger partial charge in [-0.2, -0.15) is 0 Å². The van der Waals surface area contributed by atoms with Crippen LogP contribution in [0.25, 0.3) is 0 Å². The first kappa shape index (κ1) is 23.3. The molecule has 2 aliphatic heterocycles. The number of likely N-dealkylation sites (tertiary alicyclic amines) is 1. The molecule has 0 aliphatic carbocycles. The smallest absolute Gasteiger partial charge is 0.220 e. The largest absolute Gasteiger partial charge is 0.497 e. The topological polar surface area (TPSA) is 78.4 Å². The molecule has 2 heterocycles. The van der Waals surface area contributed by atoms with Crippen LogP contribution in [0.15, 0.2) is 29.3 Å². The predicted octanol–water partition coefficient (Wildman–Crippen LogP) is 1.49. The summed E-state index contributed by atoms with van der Waals surface area (Å²) in [6.45, 7) is 5.99. The SMILES string of the molecule is CN=C(NCC(c1ccc(OC)cc1)N1CCOCC1)N1CCC(CC(=O)NC)CC1. The highest BCUT2D eigenvalue weighted by Crippen LogP contribution is 2.24. The molecule has 2 N–H and O–H groups in total. The van der Waals surface area contributed by atoms with Crippen molar-refractivity contribution in [3.63, 3.8) is 0 Å². The van der Waals surface area contributed by atoms with Gasteiger partial charge in [0.15, 0.2) is 5.96 Å². The van der Waals surface area contributed by atoms with E-state index < -0.39 is 0 Å². The van der Waals surface area contributed by atoms with Gasteiger partial charge in [-0.3, -0.25) is 14.7 Å². The minimum atomic E-state index is 0.133. The second kappa shape index (κ2) is 11.9. The zero-order chi connectivity index (χ0) is 22.1. The third-order valence-corrected chi connectivity index (χ3v) is 6.32. The first-order chi connectivity index (χ1) is 15.1. The van der Waals surface area contributed by atoms with Crippen LogP contribution >= 0.6 is 0 Å². The van der Waals surface area contributed by atoms with Gasteiger partial charge in [0.05, 0.1) is 26.4 Å². The van der Waals surface area contributed by atoms with E-state index in [1.807, 2.05) is 19.2 Å². The van der Waals surface area contributed by atoms with Gasteiger partial charge in [-0.1, -0.05) is 12.1 Å². The fourth-order valence-corrected chi connectivity index (χ4v) is 4.41. The van der Waals surface area contributed by atoms with Crippen LogP contribution in [0.4, 0.5) is 0 Å². The molecule has 31 heavy (non-hydrogen) atoms. The molecule has 2 fully saturated rings. The molecule has 1 aromatic carbocycles. The minimum absolute atomic E-state index is 0.133. The van der Waals surface area contributed by atoms with E-state index in [0.717, 1.165) is 70.5 Å². The van der Waals surface area contributed by atoms with Gasteiger partial charge in [0.1, 0.15) is 5.75 Å². The molecule has 2 saturated heterocycles. The highest BCUT2D eigenvalue weighted by atomic mass is 16.5. The summed E-state index contributed by atoms with van der Waals surface area (Å²) < 4.78 is 10.9. The number of ether oxygens (including phenoxy) is 2. The maximum atomic E-state index is 11.7. The van der Waals surface area contributed by atoms with E-state index in [-0.39, 0.29) is 11.9 Å². The van der Waals surface area contributed by atoms with Crippen LogP contribution in [0.1, 0.15) is 30.9 Å². The van der Waals surface area contributed by atoms with E-state index >= 15 is 0 Å². The summed E-state index contributed by atoms with van der Waals surface area (Å²) in [6.07, 6.45) is 2.64. The van der Waals surface area contributed by atoms with Crippen LogP contribution < -0.4 is 15.4 Å². The second-order valence-corrected chi connectivity index (χ2v) is 8.17. The molecule has 0 bridgehead atoms. The highest BCUT2D eigenvalue weighted by molar-refractivity contribution is 5.80. The lowest BCUT2D eigenvalue weighted by molar-refractivity contribution is -0.121. The first-order valence-corrected chi connectivity index (χ1v) is 11.3. The van der Waals surface area contributed by atoms with Crippen molar-refractivity contribution in [3.8, 4) is 5.75 Å². The number of carbonyl (C=O) groups is 1. The summed E-state index contributed by atoms with van der Waals surface area (Å²) in [5.74, 6) is 2.39. The average Bonchev–Trinajstić information content (AvgIpc) is 2.83. The molecule has 1 unspecified atom stereocenters. The van der Waals surface area contributed by atoms with Crippen LogP contribution in [0, 0.1) is 5.92 Å². The van der Waals surface area contributed by atoms with Crippen molar-refractivity contribution >= 4 is 11.9 Å². The molecule has 8 heteroatoms. The normalized spacial score (nSPS) is 19.7. The molecule has 1 aromatic rings. The van der Waals surface area contributed by atoms with Crippen LogP contribution in [0.5, 0.6) is 5.75 Å². The van der Waals surface area contributed by atoms with Crippen molar-refractivity contribution in [2.24, 2.45) is 10.9 Å². The van der Waals surface area contributed by atoms with Crippen LogP contribution in [0.2, 0.25) is 0 Å². The Hall–Kier alpha value is -2.32. The quantitative estimate of drug-likeness (QED) is 0.503. The zero-order valence-corrected chi connectivity index (χ0v) is 19.1. The van der Waals surface area contributed by atoms with Crippen LogP contribution in [-0.4, -0.2) is 88.8 Å². The predicted molar refractivity (Wildman–Crippen MR) is 122 cm³/mol. The van der Waals surface area contributed by atoms with Gasteiger partial charge in [0.2, 0.25) is 5.91 Å². The fourth-order valence-electron chi connectivity index (χ4n) is 4.41. The third kappa shape index (κ3) is 6.58. The number of hydrogen-bond donors (Lipinski definition) is 2. The van der Waals surface area contributed by atoms with Gasteiger partial charge in [0, 0.05) is 53.2 Å². The van der Waals surface area contributed by atoms with E-state index in [9.17, 15) is 4.79 Å². The maximum absolute atomic E-state index is 11.7. The standard InChI is InChI=1S/C23H37N5O3/c1-24-22(29)16-18-8-10-28(11-9-18)23(25-2)26-17-21(27-12-14-31-15-13-27)19-4-6-20(30-3)7-5-19/h4-7,18,21H,8-17H2,1-3H3,(H,24,29)(H,25,26). The Labute approximate surface area is 186 Å². The molecule has 2 aliphatic rings. The minimum Gasteiger partial charge on any atom is -0.497 e. The average molecular weight is 432 g/mol. The van der Waals surface area contributed by atoms with Crippen molar-refractivity contribution in [1.29, 1.82) is 0 Å². The number of hydrogen-bond acceptors (Lipinski definition) is 5. The molecule has 1 atom stereocenters. The van der Waals surface area contributed by atoms with E-state index in [1.54, 1.807) is 14.2 Å². The number of morpholine rings is 1. The van der Waals surface area contributed by atoms with E-state index in [0.29, 0.717) is 12.3 Å². The summed E-state index contributed by atoms with van der Waals surface area (Å²) in [5.41, 5.74) is 1.26. The second-order valence-electron chi connectivity index (χ2n) is 8.17. The molecule has 172 valence electrons. The molecule has 0 spiro atoms. The van der Waals surface area contributed by atoms with Gasteiger partial charge in [-0.15, -0.1) is 0 Å². The Kier molecular flexibility index (Phi) is 8.97. The summed E-state index contributed by atoms with van der Waals surface area (Å²) in [6, 6.07) is 8.57. The van der Waals surface area contributed by atoms with Crippen molar-refractivity contribution in [3.05, 3.63) is 29.8 Å². The molecule has 0 saturated carbocycles. The number of aliphatic imine (C=N–C) groups is 1. The Morgan fingerprint density at radius 1 is 1.19 bits per heavy atom. The molecular formula is C23H37N5O3. The fraction of sp³-hybridized carbons (Fsp3) is 0.652. The number of nitrogens with zero attached hydrogens (tertiary/aromatic N) is 3. The van der Waals surface area contributed by atoms with Gasteiger partial charge < -0.3 is 25.0 Å². The Balaban J connectivity index is 1.60. The van der Waals surface area contributed by atoms with Gasteiger partial charge in [0.25, 0.3) is 0 Å². The Morgan fingerprint density at radius 3 is 2.45 bits per heavy atom. The maximum Gasteiger partial charge on any atom is 0.220 e. The van der Waals surface area contributed by atoms with Crippen molar-refractivity contribution in [2.75, 3.05) is 67.1 Å².